The van der Waals surface area contributed by atoms with Gasteiger partial charge in [0.25, 0.3) is 0 Å². The molecule has 0 spiro atoms. The maximum Gasteiger partial charge on any atom is 0.408 e. The summed E-state index contributed by atoms with van der Waals surface area (Å²) in [5.74, 6) is 0.00170. The first kappa shape index (κ1) is 20.8. The standard InChI is InChI=1S/C25H29N3O4/c29-24(26-23-17-31-15-14-28(23)25(30)27-12-6-1-7-13-27)32-16-22-20-10-4-2-8-18(20)19-9-3-5-11-21(19)22/h2-5,8-11,22-23H,1,6-7,12-17H2,(H,26,29). The molecule has 0 radical (unpaired) electrons. The number of morpholine rings is 1. The molecule has 3 amide bonds. The van der Waals surface area contributed by atoms with Gasteiger partial charge in [-0.1, -0.05) is 48.5 Å². The minimum Gasteiger partial charge on any atom is -0.449 e. The van der Waals surface area contributed by atoms with Gasteiger partial charge in [-0.25, -0.2) is 9.59 Å². The highest BCUT2D eigenvalue weighted by atomic mass is 16.5. The van der Waals surface area contributed by atoms with Crippen LogP contribution in [0.5, 0.6) is 0 Å². The SMILES string of the molecule is O=C(NC1COCCN1C(=O)N1CCCCC1)OCC1c2ccccc2-c2ccccc21. The number of hydrogen-bond donors (Lipinski definition) is 1. The number of carbonyl (C=O) groups excluding carboxylic acids is 2. The molecule has 1 aliphatic carbocycles. The highest BCUT2D eigenvalue weighted by molar-refractivity contribution is 5.79. The summed E-state index contributed by atoms with van der Waals surface area (Å²) in [4.78, 5) is 29.3. The number of nitrogens with zero attached hydrogens (tertiary/aromatic N) is 2. The van der Waals surface area contributed by atoms with E-state index in [0.29, 0.717) is 13.2 Å². The molecule has 0 aromatic heterocycles. The van der Waals surface area contributed by atoms with Crippen LogP contribution in [0.25, 0.3) is 11.1 Å². The highest BCUT2D eigenvalue weighted by Gasteiger charge is 2.33. The first-order valence-electron chi connectivity index (χ1n) is 11.5. The van der Waals surface area contributed by atoms with Crippen molar-refractivity contribution in [2.24, 2.45) is 0 Å². The molecule has 168 valence electrons. The third-order valence-corrected chi connectivity index (χ3v) is 6.63. The molecule has 2 heterocycles. The fraction of sp³-hybridized carbons (Fsp3) is 0.440. The molecule has 5 rings (SSSR count). The molecule has 7 heteroatoms. The number of alkyl carbamates (subject to hydrolysis) is 1. The molecule has 2 fully saturated rings. The van der Waals surface area contributed by atoms with Crippen molar-refractivity contribution in [3.05, 3.63) is 59.7 Å². The number of carbonyl (C=O) groups is 2. The number of urea groups is 1. The molecule has 2 aromatic rings. The maximum absolute atomic E-state index is 13.0. The zero-order valence-corrected chi connectivity index (χ0v) is 18.2. The van der Waals surface area contributed by atoms with E-state index >= 15 is 0 Å². The number of likely N-dealkylation sites (tertiary alicyclic amines) is 1. The van der Waals surface area contributed by atoms with Crippen LogP contribution in [0.3, 0.4) is 0 Å². The van der Waals surface area contributed by atoms with Crippen molar-refractivity contribution in [2.75, 3.05) is 39.5 Å². The van der Waals surface area contributed by atoms with Crippen LogP contribution in [0.1, 0.15) is 36.3 Å². The van der Waals surface area contributed by atoms with Crippen LogP contribution in [0.4, 0.5) is 9.59 Å². The molecule has 0 bridgehead atoms. The lowest BCUT2D eigenvalue weighted by Crippen LogP contribution is -2.60. The number of benzene rings is 2. The van der Waals surface area contributed by atoms with E-state index in [1.807, 2.05) is 29.2 Å². The number of fused-ring (bicyclic) bond motifs is 3. The van der Waals surface area contributed by atoms with E-state index in [9.17, 15) is 9.59 Å². The van der Waals surface area contributed by atoms with Gasteiger partial charge < -0.3 is 14.4 Å². The summed E-state index contributed by atoms with van der Waals surface area (Å²) in [6.45, 7) is 2.99. The average Bonchev–Trinajstić information content (AvgIpc) is 3.17. The minimum atomic E-state index is -0.529. The number of piperidine rings is 1. The van der Waals surface area contributed by atoms with Crippen molar-refractivity contribution >= 4 is 12.1 Å². The monoisotopic (exact) mass is 435 g/mol. The normalized spacial score (nSPS) is 20.4. The summed E-state index contributed by atoms with van der Waals surface area (Å²) in [5.41, 5.74) is 4.72. The van der Waals surface area contributed by atoms with E-state index in [1.54, 1.807) is 4.90 Å². The molecule has 7 nitrogen and oxygen atoms in total. The van der Waals surface area contributed by atoms with Gasteiger partial charge in [0.15, 0.2) is 0 Å². The quantitative estimate of drug-likeness (QED) is 0.796. The summed E-state index contributed by atoms with van der Waals surface area (Å²) in [6.07, 6.45) is 2.17. The topological polar surface area (TPSA) is 71.1 Å². The number of rotatable bonds is 3. The van der Waals surface area contributed by atoms with Crippen molar-refractivity contribution in [3.8, 4) is 11.1 Å². The predicted molar refractivity (Wildman–Crippen MR) is 120 cm³/mol. The van der Waals surface area contributed by atoms with Crippen LogP contribution in [-0.4, -0.2) is 67.5 Å². The first-order chi connectivity index (χ1) is 15.7. The Hall–Kier alpha value is -3.06. The van der Waals surface area contributed by atoms with Crippen molar-refractivity contribution in [1.29, 1.82) is 0 Å². The number of nitrogens with one attached hydrogen (secondary N) is 1. The van der Waals surface area contributed by atoms with Crippen LogP contribution in [0.2, 0.25) is 0 Å². The van der Waals surface area contributed by atoms with E-state index in [-0.39, 0.29) is 25.2 Å². The first-order valence-corrected chi connectivity index (χ1v) is 11.5. The Morgan fingerprint density at radius 3 is 2.28 bits per heavy atom. The second kappa shape index (κ2) is 9.20. The van der Waals surface area contributed by atoms with Gasteiger partial charge in [0.2, 0.25) is 0 Å². The van der Waals surface area contributed by atoms with Gasteiger partial charge in [-0.05, 0) is 41.5 Å². The minimum absolute atomic E-state index is 0.00170. The molecule has 1 N–H and O–H groups in total. The lowest BCUT2D eigenvalue weighted by molar-refractivity contribution is -0.00900. The third-order valence-electron chi connectivity index (χ3n) is 6.63. The predicted octanol–water partition coefficient (Wildman–Crippen LogP) is 3.79. The van der Waals surface area contributed by atoms with Gasteiger partial charge in [0.05, 0.1) is 13.2 Å². The Balaban J connectivity index is 1.23. The lowest BCUT2D eigenvalue weighted by Gasteiger charge is -2.39. The van der Waals surface area contributed by atoms with Crippen LogP contribution in [0, 0.1) is 0 Å². The molecule has 2 aromatic carbocycles. The van der Waals surface area contributed by atoms with Gasteiger partial charge in [-0.2, -0.15) is 0 Å². The van der Waals surface area contributed by atoms with E-state index in [1.165, 1.54) is 22.3 Å². The van der Waals surface area contributed by atoms with E-state index < -0.39 is 12.3 Å². The molecule has 1 atom stereocenters. The Bertz CT molecular complexity index is 943. The van der Waals surface area contributed by atoms with Gasteiger partial charge in [-0.3, -0.25) is 10.2 Å². The Kier molecular flexibility index (Phi) is 5.99. The van der Waals surface area contributed by atoms with Crippen molar-refractivity contribution in [3.63, 3.8) is 0 Å². The van der Waals surface area contributed by atoms with Crippen molar-refractivity contribution in [1.82, 2.24) is 15.1 Å². The third kappa shape index (κ3) is 4.05. The molecule has 2 saturated heterocycles. The van der Waals surface area contributed by atoms with Crippen molar-refractivity contribution < 1.29 is 19.1 Å². The second-order valence-electron chi connectivity index (χ2n) is 8.58. The average molecular weight is 436 g/mol. The Morgan fingerprint density at radius 1 is 0.938 bits per heavy atom. The van der Waals surface area contributed by atoms with Gasteiger partial charge >= 0.3 is 12.1 Å². The fourth-order valence-corrected chi connectivity index (χ4v) is 5.00. The summed E-state index contributed by atoms with van der Waals surface area (Å²) in [5, 5.41) is 2.85. The highest BCUT2D eigenvalue weighted by Crippen LogP contribution is 2.44. The summed E-state index contributed by atoms with van der Waals surface area (Å²) < 4.78 is 11.2. The van der Waals surface area contributed by atoms with Crippen molar-refractivity contribution in [2.45, 2.75) is 31.3 Å². The van der Waals surface area contributed by atoms with Gasteiger partial charge in [-0.15, -0.1) is 0 Å². The number of ether oxygens (including phenoxy) is 2. The second-order valence-corrected chi connectivity index (χ2v) is 8.58. The largest absolute Gasteiger partial charge is 0.449 e. The fourth-order valence-electron chi connectivity index (χ4n) is 5.00. The van der Waals surface area contributed by atoms with E-state index in [2.05, 4.69) is 29.6 Å². The summed E-state index contributed by atoms with van der Waals surface area (Å²) >= 11 is 0. The molecule has 1 unspecified atom stereocenters. The van der Waals surface area contributed by atoms with Crippen LogP contribution in [-0.2, 0) is 9.47 Å². The van der Waals surface area contributed by atoms with Gasteiger partial charge in [0, 0.05) is 25.6 Å². The molecular formula is C25H29N3O4. The van der Waals surface area contributed by atoms with E-state index in [0.717, 1.165) is 32.4 Å². The number of hydrogen-bond acceptors (Lipinski definition) is 4. The van der Waals surface area contributed by atoms with Crippen LogP contribution >= 0.6 is 0 Å². The van der Waals surface area contributed by atoms with Crippen LogP contribution < -0.4 is 5.32 Å². The summed E-state index contributed by atoms with van der Waals surface area (Å²) in [7, 11) is 0. The smallest absolute Gasteiger partial charge is 0.408 e. The molecule has 32 heavy (non-hydrogen) atoms. The molecule has 0 saturated carbocycles. The Labute approximate surface area is 188 Å². The molecule has 3 aliphatic rings. The zero-order valence-electron chi connectivity index (χ0n) is 18.2. The van der Waals surface area contributed by atoms with Gasteiger partial charge in [0.1, 0.15) is 12.8 Å². The zero-order chi connectivity index (χ0) is 21.9. The van der Waals surface area contributed by atoms with E-state index in [4.69, 9.17) is 9.47 Å². The Morgan fingerprint density at radius 2 is 1.59 bits per heavy atom. The number of amides is 3. The molecule has 2 aliphatic heterocycles. The lowest BCUT2D eigenvalue weighted by atomic mass is 9.98. The maximum atomic E-state index is 13.0. The molecular weight excluding hydrogens is 406 g/mol. The van der Waals surface area contributed by atoms with Crippen LogP contribution in [0.15, 0.2) is 48.5 Å². The summed E-state index contributed by atoms with van der Waals surface area (Å²) in [6, 6.07) is 16.5.